The third kappa shape index (κ3) is 5.59. The molecule has 0 spiro atoms. The number of piperidine rings is 2. The summed E-state index contributed by atoms with van der Waals surface area (Å²) >= 11 is 1.62. The van der Waals surface area contributed by atoms with Gasteiger partial charge in [0, 0.05) is 42.7 Å². The van der Waals surface area contributed by atoms with Gasteiger partial charge < -0.3 is 19.6 Å². The summed E-state index contributed by atoms with van der Waals surface area (Å²) in [6.45, 7) is 9.80. The summed E-state index contributed by atoms with van der Waals surface area (Å²) in [5.41, 5.74) is 6.97. The van der Waals surface area contributed by atoms with Crippen molar-refractivity contribution in [1.29, 1.82) is 0 Å². The Morgan fingerprint density at radius 2 is 1.68 bits per heavy atom. The third-order valence-corrected chi connectivity index (χ3v) is 10.2. The maximum Gasteiger partial charge on any atom is 0.307 e. The van der Waals surface area contributed by atoms with Gasteiger partial charge in [0.2, 0.25) is 0 Å². The second-order valence-corrected chi connectivity index (χ2v) is 12.9. The molecule has 41 heavy (non-hydrogen) atoms. The van der Waals surface area contributed by atoms with Gasteiger partial charge in [0.05, 0.1) is 11.6 Å². The minimum absolute atomic E-state index is 0.128. The molecule has 3 aromatic rings. The summed E-state index contributed by atoms with van der Waals surface area (Å²) < 4.78 is 6.44. The van der Waals surface area contributed by atoms with Gasteiger partial charge in [-0.3, -0.25) is 9.59 Å². The van der Waals surface area contributed by atoms with Crippen molar-refractivity contribution in [2.45, 2.75) is 59.5 Å². The molecule has 3 heterocycles. The number of carbonyl (C=O) groups excluding carboxylic acids is 1. The third-order valence-electron chi connectivity index (χ3n) is 9.25. The van der Waals surface area contributed by atoms with E-state index >= 15 is 0 Å². The quantitative estimate of drug-likeness (QED) is 0.348. The van der Waals surface area contributed by atoms with Crippen LogP contribution < -0.4 is 9.64 Å². The molecule has 0 unspecified atom stereocenters. The number of carboxylic acids is 1. The van der Waals surface area contributed by atoms with Crippen molar-refractivity contribution < 1.29 is 19.4 Å². The molecular formula is C33H39N3O4S. The molecule has 7 nitrogen and oxygen atoms in total. The van der Waals surface area contributed by atoms with Crippen LogP contribution in [0.5, 0.6) is 5.75 Å². The van der Waals surface area contributed by atoms with Crippen LogP contribution in [0.15, 0.2) is 35.7 Å². The van der Waals surface area contributed by atoms with Crippen LogP contribution in [0.3, 0.4) is 0 Å². The smallest absolute Gasteiger partial charge is 0.307 e. The highest BCUT2D eigenvalue weighted by Gasteiger charge is 2.46. The first-order valence-corrected chi connectivity index (χ1v) is 15.7. The SMILES string of the molecule is Cc1ccc(OCc2c(C)cc(C(=O)N3CCCCC3)cc2C)c(-c2csc(N3C[C@H]4CC[C@@H](C3)[C@H]4C(=O)O)n2)c1. The van der Waals surface area contributed by atoms with Crippen LogP contribution in [-0.2, 0) is 11.4 Å². The van der Waals surface area contributed by atoms with E-state index in [4.69, 9.17) is 9.72 Å². The minimum atomic E-state index is -0.646. The van der Waals surface area contributed by atoms with Crippen LogP contribution >= 0.6 is 11.3 Å². The fraction of sp³-hybridized carbons (Fsp3) is 0.485. The Morgan fingerprint density at radius 1 is 1.00 bits per heavy atom. The fourth-order valence-corrected chi connectivity index (χ4v) is 7.91. The highest BCUT2D eigenvalue weighted by atomic mass is 32.1. The van der Waals surface area contributed by atoms with Gasteiger partial charge >= 0.3 is 5.97 Å². The van der Waals surface area contributed by atoms with Gasteiger partial charge in [0.1, 0.15) is 12.4 Å². The summed E-state index contributed by atoms with van der Waals surface area (Å²) in [6, 6.07) is 10.2. The number of benzene rings is 2. The number of carbonyl (C=O) groups is 2. The van der Waals surface area contributed by atoms with E-state index in [1.807, 2.05) is 23.1 Å². The zero-order chi connectivity index (χ0) is 28.7. The van der Waals surface area contributed by atoms with Crippen molar-refractivity contribution in [2.24, 2.45) is 17.8 Å². The van der Waals surface area contributed by atoms with Gasteiger partial charge in [-0.05, 0) is 106 Å². The number of likely N-dealkylation sites (tertiary alicyclic amines) is 1. The predicted molar refractivity (Wildman–Crippen MR) is 162 cm³/mol. The number of ether oxygens (including phenoxy) is 1. The lowest BCUT2D eigenvalue weighted by Crippen LogP contribution is -2.44. The van der Waals surface area contributed by atoms with E-state index in [0.717, 1.165) is 102 Å². The Balaban J connectivity index is 1.18. The number of aliphatic carboxylic acids is 1. The molecule has 1 amide bonds. The van der Waals surface area contributed by atoms with Gasteiger partial charge in [0.15, 0.2) is 5.13 Å². The number of hydrogen-bond acceptors (Lipinski definition) is 6. The zero-order valence-electron chi connectivity index (χ0n) is 24.2. The van der Waals surface area contributed by atoms with E-state index in [1.165, 1.54) is 6.42 Å². The lowest BCUT2D eigenvalue weighted by atomic mass is 9.85. The number of hydrogen-bond donors (Lipinski definition) is 1. The molecule has 2 bridgehead atoms. The minimum Gasteiger partial charge on any atom is -0.488 e. The molecule has 0 radical (unpaired) electrons. The molecule has 2 saturated heterocycles. The first-order chi connectivity index (χ1) is 19.8. The number of amides is 1. The molecule has 6 rings (SSSR count). The van der Waals surface area contributed by atoms with E-state index in [0.29, 0.717) is 6.61 Å². The first kappa shape index (κ1) is 27.8. The van der Waals surface area contributed by atoms with Crippen molar-refractivity contribution in [3.8, 4) is 17.0 Å². The van der Waals surface area contributed by atoms with Crippen molar-refractivity contribution in [3.63, 3.8) is 0 Å². The molecule has 3 fully saturated rings. The number of aryl methyl sites for hydroxylation is 3. The molecule has 3 aliphatic rings. The summed E-state index contributed by atoms with van der Waals surface area (Å²) in [5, 5.41) is 12.7. The Labute approximate surface area is 246 Å². The highest BCUT2D eigenvalue weighted by Crippen LogP contribution is 2.44. The number of anilines is 1. The Kier molecular flexibility index (Phi) is 7.77. The number of rotatable bonds is 7. The average molecular weight is 574 g/mol. The maximum absolute atomic E-state index is 13.1. The summed E-state index contributed by atoms with van der Waals surface area (Å²) in [4.78, 5) is 34.1. The van der Waals surface area contributed by atoms with Crippen molar-refractivity contribution in [2.75, 3.05) is 31.1 Å². The standard InChI is InChI=1S/C33H39N3O4S/c1-20-7-10-29(40-18-27-21(2)14-25(15-22(27)3)31(37)35-11-5-4-6-12-35)26(13-20)28-19-41-33(34-28)36-16-23-8-9-24(17-36)30(23)32(38)39/h7,10,13-15,19,23-24,30H,4-6,8-9,11-12,16-18H2,1-3H3,(H,38,39)/t23-,24+,30+. The second-order valence-electron chi connectivity index (χ2n) is 12.1. The number of thiazole rings is 1. The largest absolute Gasteiger partial charge is 0.488 e. The average Bonchev–Trinajstić information content (AvgIpc) is 3.56. The molecule has 216 valence electrons. The fourth-order valence-electron chi connectivity index (χ4n) is 7.06. The first-order valence-electron chi connectivity index (χ1n) is 14.8. The topological polar surface area (TPSA) is 83.0 Å². The molecular weight excluding hydrogens is 534 g/mol. The summed E-state index contributed by atoms with van der Waals surface area (Å²) in [5.74, 6) is 0.445. The van der Waals surface area contributed by atoms with Crippen LogP contribution in [0.4, 0.5) is 5.13 Å². The van der Waals surface area contributed by atoms with E-state index in [1.54, 1.807) is 11.3 Å². The van der Waals surface area contributed by atoms with Crippen molar-refractivity contribution in [3.05, 3.63) is 63.5 Å². The van der Waals surface area contributed by atoms with Gasteiger partial charge in [-0.2, -0.15) is 0 Å². The molecule has 8 heteroatoms. The van der Waals surface area contributed by atoms with E-state index in [-0.39, 0.29) is 23.7 Å². The highest BCUT2D eigenvalue weighted by molar-refractivity contribution is 7.14. The normalized spacial score (nSPS) is 22.2. The van der Waals surface area contributed by atoms with Gasteiger partial charge in [0.25, 0.3) is 5.91 Å². The molecule has 1 aliphatic carbocycles. The van der Waals surface area contributed by atoms with Gasteiger partial charge in [-0.25, -0.2) is 4.98 Å². The van der Waals surface area contributed by atoms with E-state index in [2.05, 4.69) is 43.2 Å². The lowest BCUT2D eigenvalue weighted by Gasteiger charge is -2.35. The number of nitrogens with zero attached hydrogens (tertiary/aromatic N) is 3. The lowest BCUT2D eigenvalue weighted by molar-refractivity contribution is -0.144. The molecule has 2 aliphatic heterocycles. The van der Waals surface area contributed by atoms with Crippen molar-refractivity contribution in [1.82, 2.24) is 9.88 Å². The van der Waals surface area contributed by atoms with Crippen molar-refractivity contribution >= 4 is 28.3 Å². The number of carboxylic acid groups (broad SMARTS) is 1. The second kappa shape index (κ2) is 11.5. The van der Waals surface area contributed by atoms with Crippen LogP contribution in [0.2, 0.25) is 0 Å². The van der Waals surface area contributed by atoms with Crippen LogP contribution in [-0.4, -0.2) is 53.0 Å². The van der Waals surface area contributed by atoms with E-state index in [9.17, 15) is 14.7 Å². The number of aromatic nitrogens is 1. The molecule has 1 N–H and O–H groups in total. The predicted octanol–water partition coefficient (Wildman–Crippen LogP) is 6.49. The number of fused-ring (bicyclic) bond motifs is 2. The maximum atomic E-state index is 13.1. The molecule has 1 saturated carbocycles. The van der Waals surface area contributed by atoms with Gasteiger partial charge in [-0.15, -0.1) is 11.3 Å². The van der Waals surface area contributed by atoms with Gasteiger partial charge in [-0.1, -0.05) is 11.6 Å². The monoisotopic (exact) mass is 573 g/mol. The van der Waals surface area contributed by atoms with Crippen LogP contribution in [0.25, 0.3) is 11.3 Å². The molecule has 1 aromatic heterocycles. The Hall–Kier alpha value is -3.39. The molecule has 3 atom stereocenters. The van der Waals surface area contributed by atoms with E-state index < -0.39 is 5.97 Å². The van der Waals surface area contributed by atoms with Crippen LogP contribution in [0.1, 0.15) is 64.7 Å². The Bertz CT molecular complexity index is 1420. The summed E-state index contributed by atoms with van der Waals surface area (Å²) in [6.07, 6.45) is 5.34. The zero-order valence-corrected chi connectivity index (χ0v) is 25.0. The summed E-state index contributed by atoms with van der Waals surface area (Å²) in [7, 11) is 0. The van der Waals surface area contributed by atoms with Crippen LogP contribution in [0, 0.1) is 38.5 Å². The Morgan fingerprint density at radius 3 is 2.34 bits per heavy atom. The molecule has 2 aromatic carbocycles.